The second-order valence-electron chi connectivity index (χ2n) is 8.54. The number of rotatable bonds is 9. The van der Waals surface area contributed by atoms with E-state index < -0.39 is 35.9 Å². The van der Waals surface area contributed by atoms with Crippen molar-refractivity contribution in [2.24, 2.45) is 0 Å². The maximum atomic E-state index is 12.5. The second-order valence-corrected chi connectivity index (χ2v) is 9.39. The van der Waals surface area contributed by atoms with Gasteiger partial charge in [0.1, 0.15) is 6.10 Å². The Morgan fingerprint density at radius 2 is 1.81 bits per heavy atom. The zero-order chi connectivity index (χ0) is 25.7. The van der Waals surface area contributed by atoms with Gasteiger partial charge >= 0.3 is 11.9 Å². The Balaban J connectivity index is 1.15. The predicted molar refractivity (Wildman–Crippen MR) is 127 cm³/mol. The van der Waals surface area contributed by atoms with E-state index in [1.165, 1.54) is 0 Å². The fourth-order valence-electron chi connectivity index (χ4n) is 3.91. The molecule has 36 heavy (non-hydrogen) atoms. The minimum Gasteiger partial charge on any atom is -0.461 e. The van der Waals surface area contributed by atoms with E-state index in [9.17, 15) is 24.0 Å². The normalized spacial score (nSPS) is 19.4. The third-order valence-corrected chi connectivity index (χ3v) is 6.84. The Morgan fingerprint density at radius 3 is 2.47 bits per heavy atom. The number of carbonyl (C=O) groups excluding carboxylic acids is 5. The van der Waals surface area contributed by atoms with Gasteiger partial charge in [0.25, 0.3) is 11.8 Å². The number of amides is 3. The Labute approximate surface area is 211 Å². The number of benzene rings is 1. The molecule has 190 valence electrons. The first-order chi connectivity index (χ1) is 17.3. The lowest BCUT2D eigenvalue weighted by Crippen LogP contribution is -2.39. The maximum absolute atomic E-state index is 12.5. The lowest BCUT2D eigenvalue weighted by atomic mass is 10.1. The van der Waals surface area contributed by atoms with Crippen LogP contribution in [0.4, 0.5) is 0 Å². The number of aromatic nitrogens is 1. The molecule has 3 amide bonds. The number of hydroxylamine groups is 2. The zero-order valence-electron chi connectivity index (χ0n) is 19.7. The largest absolute Gasteiger partial charge is 0.461 e. The summed E-state index contributed by atoms with van der Waals surface area (Å²) in [5.74, 6) is -2.86. The van der Waals surface area contributed by atoms with Crippen LogP contribution in [0.1, 0.15) is 43.4 Å². The van der Waals surface area contributed by atoms with Gasteiger partial charge in [-0.15, -0.1) is 16.4 Å². The van der Waals surface area contributed by atoms with Crippen molar-refractivity contribution < 1.29 is 33.5 Å². The molecule has 2 aliphatic heterocycles. The van der Waals surface area contributed by atoms with Crippen molar-refractivity contribution in [2.75, 3.05) is 6.54 Å². The number of esters is 1. The van der Waals surface area contributed by atoms with Gasteiger partial charge in [0, 0.05) is 32.4 Å². The van der Waals surface area contributed by atoms with Crippen LogP contribution in [-0.2, 0) is 40.1 Å². The topological polar surface area (TPSA) is 144 Å². The minimum absolute atomic E-state index is 0.00289. The van der Waals surface area contributed by atoms with Gasteiger partial charge < -0.3 is 20.2 Å². The number of aryl methyl sites for hydroxylation is 1. The molecule has 2 fully saturated rings. The smallest absolute Gasteiger partial charge is 0.333 e. The summed E-state index contributed by atoms with van der Waals surface area (Å²) in [5.41, 5.74) is 4.84. The summed E-state index contributed by atoms with van der Waals surface area (Å²) >= 11 is 1.58. The predicted octanol–water partition coefficient (Wildman–Crippen LogP) is 1.40. The van der Waals surface area contributed by atoms with Gasteiger partial charge in [-0.3, -0.25) is 19.2 Å². The van der Waals surface area contributed by atoms with E-state index in [4.69, 9.17) is 9.57 Å². The number of imide groups is 1. The number of nitrogens with one attached hydrogen (secondary N) is 2. The average Bonchev–Trinajstić information content (AvgIpc) is 3.59. The van der Waals surface area contributed by atoms with E-state index >= 15 is 0 Å². The van der Waals surface area contributed by atoms with Crippen molar-refractivity contribution in [3.63, 3.8) is 0 Å². The van der Waals surface area contributed by atoms with Crippen LogP contribution in [0, 0.1) is 6.92 Å². The van der Waals surface area contributed by atoms with Gasteiger partial charge in [-0.2, -0.15) is 0 Å². The fourth-order valence-corrected chi connectivity index (χ4v) is 4.72. The molecular formula is C24H26N4O7S. The number of ether oxygens (including phenoxy) is 1. The Kier molecular flexibility index (Phi) is 8.06. The van der Waals surface area contributed by atoms with Crippen molar-refractivity contribution in [1.82, 2.24) is 20.7 Å². The summed E-state index contributed by atoms with van der Waals surface area (Å²) in [6.07, 6.45) is -0.801. The number of carbonyl (C=O) groups is 5. The van der Waals surface area contributed by atoms with Crippen LogP contribution in [0.2, 0.25) is 0 Å². The van der Waals surface area contributed by atoms with E-state index in [2.05, 4.69) is 15.6 Å². The van der Waals surface area contributed by atoms with Crippen LogP contribution in [-0.4, -0.2) is 58.4 Å². The van der Waals surface area contributed by atoms with E-state index in [0.717, 1.165) is 21.7 Å². The van der Waals surface area contributed by atoms with Gasteiger partial charge in [-0.05, 0) is 18.1 Å². The molecule has 11 nitrogen and oxygen atoms in total. The Bertz CT molecular complexity index is 1150. The summed E-state index contributed by atoms with van der Waals surface area (Å²) in [6, 6.07) is 7.42. The summed E-state index contributed by atoms with van der Waals surface area (Å²) in [5, 5.41) is 6.36. The van der Waals surface area contributed by atoms with E-state index in [1.54, 1.807) is 11.3 Å². The highest BCUT2D eigenvalue weighted by molar-refractivity contribution is 7.13. The van der Waals surface area contributed by atoms with Crippen molar-refractivity contribution in [3.05, 3.63) is 41.0 Å². The zero-order valence-corrected chi connectivity index (χ0v) is 20.5. The fraction of sp³-hybridized carbons (Fsp3) is 0.417. The van der Waals surface area contributed by atoms with Crippen LogP contribution < -0.4 is 10.6 Å². The molecule has 1 aromatic carbocycles. The van der Waals surface area contributed by atoms with E-state index in [1.807, 2.05) is 36.7 Å². The van der Waals surface area contributed by atoms with E-state index in [0.29, 0.717) is 24.6 Å². The molecule has 0 bridgehead atoms. The first kappa shape index (κ1) is 25.5. The number of hydrogen-bond donors (Lipinski definition) is 2. The first-order valence-corrected chi connectivity index (χ1v) is 12.4. The molecule has 0 spiro atoms. The van der Waals surface area contributed by atoms with Crippen molar-refractivity contribution in [3.8, 4) is 10.4 Å². The van der Waals surface area contributed by atoms with Crippen LogP contribution in [0.25, 0.3) is 10.4 Å². The SMILES string of the molecule is Cc1ncsc1-c1ccc(CNC(=O)C2CC(OC(=O)CCC(=O)ON3C(=O)CCC3=O)CN2)cc1. The van der Waals surface area contributed by atoms with Crippen LogP contribution in [0.3, 0.4) is 0 Å². The third kappa shape index (κ3) is 6.32. The standard InChI is InChI=1S/C24H26N4O7S/c1-14-23(36-13-27-14)16-4-2-15(3-5-16)11-26-24(33)18-10-17(12-25-18)34-21(31)8-9-22(32)35-28-19(29)6-7-20(28)30/h2-5,13,17-18,25H,6-12H2,1H3,(H,26,33). The second kappa shape index (κ2) is 11.4. The summed E-state index contributed by atoms with van der Waals surface area (Å²) in [4.78, 5) is 69.5. The molecule has 2 saturated heterocycles. The number of hydrogen-bond acceptors (Lipinski definition) is 10. The lowest BCUT2D eigenvalue weighted by Gasteiger charge is -2.14. The van der Waals surface area contributed by atoms with Gasteiger partial charge in [-0.1, -0.05) is 24.3 Å². The maximum Gasteiger partial charge on any atom is 0.333 e. The quantitative estimate of drug-likeness (QED) is 0.375. The molecule has 2 aromatic rings. The molecule has 2 N–H and O–H groups in total. The van der Waals surface area contributed by atoms with Crippen molar-refractivity contribution in [2.45, 2.75) is 57.7 Å². The summed E-state index contributed by atoms with van der Waals surface area (Å²) < 4.78 is 5.33. The van der Waals surface area contributed by atoms with Crippen molar-refractivity contribution in [1.29, 1.82) is 0 Å². The Hall–Kier alpha value is -3.64. The highest BCUT2D eigenvalue weighted by Crippen LogP contribution is 2.27. The molecule has 2 aliphatic rings. The van der Waals surface area contributed by atoms with Crippen LogP contribution in [0.5, 0.6) is 0 Å². The minimum atomic E-state index is -0.868. The first-order valence-electron chi connectivity index (χ1n) is 11.6. The van der Waals surface area contributed by atoms with Gasteiger partial charge in [0.15, 0.2) is 0 Å². The summed E-state index contributed by atoms with van der Waals surface area (Å²) in [6.45, 7) is 2.65. The lowest BCUT2D eigenvalue weighted by molar-refractivity contribution is -0.197. The summed E-state index contributed by atoms with van der Waals surface area (Å²) in [7, 11) is 0. The molecule has 2 unspecified atom stereocenters. The highest BCUT2D eigenvalue weighted by Gasteiger charge is 2.34. The van der Waals surface area contributed by atoms with E-state index in [-0.39, 0.29) is 31.6 Å². The monoisotopic (exact) mass is 514 g/mol. The number of nitrogens with zero attached hydrogens (tertiary/aromatic N) is 2. The molecule has 3 heterocycles. The molecule has 1 aromatic heterocycles. The van der Waals surface area contributed by atoms with Gasteiger partial charge in [-0.25, -0.2) is 9.78 Å². The third-order valence-electron chi connectivity index (χ3n) is 5.87. The molecular weight excluding hydrogens is 488 g/mol. The Morgan fingerprint density at radius 1 is 1.11 bits per heavy atom. The molecule has 0 aliphatic carbocycles. The van der Waals surface area contributed by atoms with Crippen molar-refractivity contribution >= 4 is 41.0 Å². The average molecular weight is 515 g/mol. The molecule has 0 radical (unpaired) electrons. The van der Waals surface area contributed by atoms with Crippen LogP contribution >= 0.6 is 11.3 Å². The van der Waals surface area contributed by atoms with Gasteiger partial charge in [0.2, 0.25) is 5.91 Å². The molecule has 12 heteroatoms. The molecule has 4 rings (SSSR count). The molecule has 0 saturated carbocycles. The number of thiazole rings is 1. The van der Waals surface area contributed by atoms with Gasteiger partial charge in [0.05, 0.1) is 35.0 Å². The highest BCUT2D eigenvalue weighted by atomic mass is 32.1. The molecule has 2 atom stereocenters. The van der Waals surface area contributed by atoms with Crippen LogP contribution in [0.15, 0.2) is 29.8 Å².